The standard InChI is InChI=1S/C20H22ClF2N3O/c1-14-2-4-16(25-11-14)12-24-13-20(23)6-8-26(9-7-20)19(27)15-3-5-18(22)17(21)10-15/h2-5,10-11,24H,6-9,12-13H2,1H3/i6D2,8D2,13D2. The van der Waals surface area contributed by atoms with Crippen LogP contribution < -0.4 is 5.32 Å². The molecular weight excluding hydrogens is 372 g/mol. The number of alkyl halides is 1. The van der Waals surface area contributed by atoms with E-state index in [0.717, 1.165) is 23.8 Å². The fraction of sp³-hybridized carbons (Fsp3) is 0.400. The minimum absolute atomic E-state index is 0.209. The van der Waals surface area contributed by atoms with Crippen LogP contribution in [0.3, 0.4) is 0 Å². The number of pyridine rings is 1. The molecule has 144 valence electrons. The van der Waals surface area contributed by atoms with Gasteiger partial charge in [0.1, 0.15) is 11.5 Å². The molecule has 1 aliphatic heterocycles. The number of benzene rings is 1. The Balaban J connectivity index is 1.87. The van der Waals surface area contributed by atoms with Gasteiger partial charge in [-0.1, -0.05) is 17.7 Å². The van der Waals surface area contributed by atoms with Crippen LogP contribution in [-0.2, 0) is 6.54 Å². The van der Waals surface area contributed by atoms with E-state index in [0.29, 0.717) is 10.6 Å². The first-order chi connectivity index (χ1) is 15.1. The van der Waals surface area contributed by atoms with Crippen molar-refractivity contribution >= 4 is 17.5 Å². The maximum absolute atomic E-state index is 16.1. The highest BCUT2D eigenvalue weighted by atomic mass is 35.5. The van der Waals surface area contributed by atoms with Crippen molar-refractivity contribution in [3.8, 4) is 0 Å². The Labute approximate surface area is 171 Å². The molecule has 1 N–H and O–H groups in total. The van der Waals surface area contributed by atoms with Gasteiger partial charge in [-0.2, -0.15) is 0 Å². The monoisotopic (exact) mass is 399 g/mol. The number of piperidine rings is 1. The zero-order chi connectivity index (χ0) is 24.8. The first kappa shape index (κ1) is 13.2. The Morgan fingerprint density at radius 1 is 1.48 bits per heavy atom. The number of hydrogen-bond donors (Lipinski definition) is 1. The van der Waals surface area contributed by atoms with Gasteiger partial charge in [0.25, 0.3) is 5.91 Å². The predicted molar refractivity (Wildman–Crippen MR) is 101 cm³/mol. The fourth-order valence-corrected chi connectivity index (χ4v) is 2.63. The number of likely N-dealkylation sites (tertiary alicyclic amines) is 1. The summed E-state index contributed by atoms with van der Waals surface area (Å²) in [6, 6.07) is 6.27. The summed E-state index contributed by atoms with van der Waals surface area (Å²) >= 11 is 5.69. The zero-order valence-electron chi connectivity index (χ0n) is 20.5. The molecule has 1 aromatic carbocycles. The van der Waals surface area contributed by atoms with Crippen LogP contribution in [0.2, 0.25) is 5.02 Å². The average molecular weight is 400 g/mol. The van der Waals surface area contributed by atoms with Gasteiger partial charge >= 0.3 is 0 Å². The van der Waals surface area contributed by atoms with Gasteiger partial charge in [-0.05, 0) is 36.8 Å². The molecule has 1 unspecified atom stereocenters. The van der Waals surface area contributed by atoms with Crippen LogP contribution >= 0.6 is 11.6 Å². The molecule has 0 saturated carbocycles. The number of aryl methyl sites for hydroxylation is 1. The van der Waals surface area contributed by atoms with Crippen molar-refractivity contribution in [2.24, 2.45) is 0 Å². The summed E-state index contributed by atoms with van der Waals surface area (Å²) in [6.45, 7) is -5.29. The minimum atomic E-state index is -3.46. The average Bonchev–Trinajstić information content (AvgIpc) is 2.73. The number of carbonyl (C=O) groups is 1. The molecule has 1 fully saturated rings. The van der Waals surface area contributed by atoms with Gasteiger partial charge in [-0.15, -0.1) is 0 Å². The molecule has 3 rings (SSSR count). The molecule has 7 heteroatoms. The van der Waals surface area contributed by atoms with E-state index in [1.807, 2.05) is 6.92 Å². The van der Waals surface area contributed by atoms with Gasteiger partial charge in [0.05, 0.1) is 10.7 Å². The molecule has 1 aliphatic rings. The number of nitrogens with one attached hydrogen (secondary N) is 1. The number of halogens is 3. The lowest BCUT2D eigenvalue weighted by Crippen LogP contribution is -2.48. The number of aromatic nitrogens is 1. The molecule has 1 atom stereocenters. The molecule has 4 nitrogen and oxygen atoms in total. The number of nitrogens with zero attached hydrogens (tertiary/aromatic N) is 2. The second-order valence-corrected chi connectivity index (χ2v) is 6.59. The maximum Gasteiger partial charge on any atom is 0.253 e. The van der Waals surface area contributed by atoms with Crippen molar-refractivity contribution in [3.05, 3.63) is 64.2 Å². The fourth-order valence-electron chi connectivity index (χ4n) is 2.45. The van der Waals surface area contributed by atoms with Crippen LogP contribution in [0.1, 0.15) is 42.6 Å². The number of carbonyl (C=O) groups excluding carboxylic acids is 1. The Kier molecular flexibility index (Phi) is 4.06. The lowest BCUT2D eigenvalue weighted by molar-refractivity contribution is 0.0434. The summed E-state index contributed by atoms with van der Waals surface area (Å²) in [4.78, 5) is 17.4. The molecule has 27 heavy (non-hydrogen) atoms. The minimum Gasteiger partial charge on any atom is -0.338 e. The summed E-state index contributed by atoms with van der Waals surface area (Å²) in [5, 5.41) is 1.93. The Morgan fingerprint density at radius 3 is 3.00 bits per heavy atom. The van der Waals surface area contributed by atoms with E-state index in [-0.39, 0.29) is 17.1 Å². The van der Waals surface area contributed by atoms with E-state index in [1.165, 1.54) is 0 Å². The van der Waals surface area contributed by atoms with Gasteiger partial charge < -0.3 is 10.2 Å². The quantitative estimate of drug-likeness (QED) is 0.828. The lowest BCUT2D eigenvalue weighted by Gasteiger charge is -2.36. The van der Waals surface area contributed by atoms with Gasteiger partial charge in [0.2, 0.25) is 0 Å². The molecule has 2 aromatic rings. The highest BCUT2D eigenvalue weighted by molar-refractivity contribution is 6.31. The van der Waals surface area contributed by atoms with Crippen LogP contribution in [-0.4, -0.2) is 41.0 Å². The van der Waals surface area contributed by atoms with Gasteiger partial charge in [0, 0.05) is 58.9 Å². The van der Waals surface area contributed by atoms with Gasteiger partial charge in [0.15, 0.2) is 0 Å². The van der Waals surface area contributed by atoms with E-state index in [9.17, 15) is 9.18 Å². The van der Waals surface area contributed by atoms with Crippen LogP contribution in [0.15, 0.2) is 36.5 Å². The van der Waals surface area contributed by atoms with Gasteiger partial charge in [-0.3, -0.25) is 9.78 Å². The van der Waals surface area contributed by atoms with Crippen molar-refractivity contribution < 1.29 is 21.8 Å². The molecule has 1 aromatic heterocycles. The van der Waals surface area contributed by atoms with Crippen molar-refractivity contribution in [2.75, 3.05) is 19.5 Å². The molecule has 0 radical (unpaired) electrons. The van der Waals surface area contributed by atoms with Crippen LogP contribution in [0.4, 0.5) is 8.78 Å². The topological polar surface area (TPSA) is 45.2 Å². The van der Waals surface area contributed by atoms with Crippen LogP contribution in [0.25, 0.3) is 0 Å². The molecule has 1 amide bonds. The normalized spacial score (nSPS) is 27.5. The molecule has 0 aliphatic carbocycles. The SMILES string of the molecule is [2H]C([2H])(NCc1ccc(C)cn1)C1(F)CCN(C(=O)c2ccc(F)c(Cl)c2)C([2H])([2H])C1([2H])[2H]. The number of hydrogen-bond acceptors (Lipinski definition) is 3. The predicted octanol–water partition coefficient (Wildman–Crippen LogP) is 3.92. The maximum atomic E-state index is 16.1. The second-order valence-electron chi connectivity index (χ2n) is 6.18. The van der Waals surface area contributed by atoms with E-state index in [4.69, 9.17) is 19.8 Å². The molecule has 2 heterocycles. The third-order valence-electron chi connectivity index (χ3n) is 4.01. The van der Waals surface area contributed by atoms with Crippen molar-refractivity contribution in [3.63, 3.8) is 0 Å². The second kappa shape index (κ2) is 8.31. The highest BCUT2D eigenvalue weighted by Crippen LogP contribution is 2.27. The molecular formula is C20H22ClF2N3O. The Hall–Kier alpha value is -2.05. The zero-order valence-corrected chi connectivity index (χ0v) is 15.3. The van der Waals surface area contributed by atoms with E-state index >= 15 is 4.39 Å². The van der Waals surface area contributed by atoms with Crippen LogP contribution in [0.5, 0.6) is 0 Å². The van der Waals surface area contributed by atoms with Crippen LogP contribution in [0, 0.1) is 12.7 Å². The first-order valence-electron chi connectivity index (χ1n) is 11.3. The number of rotatable bonds is 5. The van der Waals surface area contributed by atoms with Crippen molar-refractivity contribution in [1.82, 2.24) is 15.2 Å². The highest BCUT2D eigenvalue weighted by Gasteiger charge is 2.35. The van der Waals surface area contributed by atoms with Crippen molar-refractivity contribution in [2.45, 2.75) is 31.9 Å². The summed E-state index contributed by atoms with van der Waals surface area (Å²) in [5.41, 5.74) is -2.30. The summed E-state index contributed by atoms with van der Waals surface area (Å²) in [7, 11) is 0. The summed E-state index contributed by atoms with van der Waals surface area (Å²) < 4.78 is 79.0. The van der Waals surface area contributed by atoms with E-state index in [1.54, 1.807) is 18.3 Å². The lowest BCUT2D eigenvalue weighted by atomic mass is 9.92. The van der Waals surface area contributed by atoms with Gasteiger partial charge in [-0.25, -0.2) is 8.78 Å². The Bertz CT molecular complexity index is 1060. The first-order valence-corrected chi connectivity index (χ1v) is 8.64. The van der Waals surface area contributed by atoms with E-state index in [2.05, 4.69) is 10.3 Å². The molecule has 0 bridgehead atoms. The summed E-state index contributed by atoms with van der Waals surface area (Å²) in [5.74, 6) is -1.82. The van der Waals surface area contributed by atoms with Crippen molar-refractivity contribution in [1.29, 1.82) is 0 Å². The smallest absolute Gasteiger partial charge is 0.253 e. The summed E-state index contributed by atoms with van der Waals surface area (Å²) in [6.07, 6.45) is -2.75. The molecule has 1 saturated heterocycles. The largest absolute Gasteiger partial charge is 0.338 e. The van der Waals surface area contributed by atoms with E-state index < -0.39 is 49.7 Å². The molecule has 0 spiro atoms. The third-order valence-corrected chi connectivity index (χ3v) is 4.30. The number of amides is 1. The third kappa shape index (κ3) is 5.02. The Morgan fingerprint density at radius 2 is 2.30 bits per heavy atom.